The monoisotopic (exact) mass is 502 g/mol. The van der Waals surface area contributed by atoms with Crippen LogP contribution in [0.1, 0.15) is 71.1 Å². The van der Waals surface area contributed by atoms with E-state index in [0.29, 0.717) is 0 Å². The van der Waals surface area contributed by atoms with E-state index in [1.807, 2.05) is 0 Å². The van der Waals surface area contributed by atoms with Crippen LogP contribution in [0.3, 0.4) is 0 Å². The van der Waals surface area contributed by atoms with Gasteiger partial charge in [-0.25, -0.2) is 0 Å². The van der Waals surface area contributed by atoms with Gasteiger partial charge in [-0.05, 0) is 29.7 Å². The largest absolute Gasteiger partial charge is 0.673 e. The van der Waals surface area contributed by atoms with E-state index in [1.54, 1.807) is 4.90 Å². The molecule has 1 aliphatic heterocycles. The lowest BCUT2D eigenvalue weighted by atomic mass is 10.0. The van der Waals surface area contributed by atoms with Crippen molar-refractivity contribution in [3.05, 3.63) is 67.0 Å². The quantitative estimate of drug-likeness (QED) is 0.113. The second-order valence-electron chi connectivity index (χ2n) is 9.70. The molecule has 0 spiro atoms. The number of fused-ring (bicyclic) bond motifs is 2. The van der Waals surface area contributed by atoms with Crippen molar-refractivity contribution >= 4 is 34.5 Å². The fourth-order valence-electron chi connectivity index (χ4n) is 4.97. The summed E-state index contributed by atoms with van der Waals surface area (Å²) in [4.78, 5) is 4.05. The summed E-state index contributed by atoms with van der Waals surface area (Å²) in [5.74, 6) is 0. The maximum atomic E-state index is 9.75. The van der Waals surface area contributed by atoms with Crippen LogP contribution in [-0.4, -0.2) is 20.5 Å². The van der Waals surface area contributed by atoms with Gasteiger partial charge in [0, 0.05) is 10.8 Å². The number of hydrogen-bond donors (Lipinski definition) is 1. The van der Waals surface area contributed by atoms with E-state index >= 15 is 0 Å². The molecular formula is C29H39BF4N2. The zero-order valence-corrected chi connectivity index (χ0v) is 21.4. The third kappa shape index (κ3) is 9.16. The van der Waals surface area contributed by atoms with Crippen molar-refractivity contribution in [1.82, 2.24) is 0 Å². The standard InChI is InChI=1S/C29H38N2.BF4/c1-2-3-4-5-6-7-8-9-10-15-20-30-21-22-31(24-30)29-27-18-13-11-16-25(27)23-26-17-12-14-19-28(26)29;2-1(3,4)5/h11-14,16-19,21-23H,2-10,15,20,24H2,1H3;/q;-1/p+1. The molecule has 0 aliphatic carbocycles. The van der Waals surface area contributed by atoms with Gasteiger partial charge in [-0.2, -0.15) is 0 Å². The Morgan fingerprint density at radius 2 is 1.19 bits per heavy atom. The van der Waals surface area contributed by atoms with Gasteiger partial charge >= 0.3 is 7.25 Å². The fourth-order valence-corrected chi connectivity index (χ4v) is 4.97. The minimum atomic E-state index is -6.00. The van der Waals surface area contributed by atoms with Gasteiger partial charge in [0.1, 0.15) is 6.20 Å². The third-order valence-corrected chi connectivity index (χ3v) is 6.75. The number of rotatable bonds is 12. The van der Waals surface area contributed by atoms with Crippen molar-refractivity contribution in [1.29, 1.82) is 0 Å². The molecule has 1 unspecified atom stereocenters. The van der Waals surface area contributed by atoms with E-state index in [9.17, 15) is 17.3 Å². The molecule has 7 heteroatoms. The molecule has 4 rings (SSSR count). The average molecular weight is 502 g/mol. The molecular weight excluding hydrogens is 463 g/mol. The van der Waals surface area contributed by atoms with Gasteiger partial charge in [-0.1, -0.05) is 107 Å². The summed E-state index contributed by atoms with van der Waals surface area (Å²) in [7, 11) is -6.00. The molecule has 0 bridgehead atoms. The van der Waals surface area contributed by atoms with Crippen molar-refractivity contribution in [3.63, 3.8) is 0 Å². The van der Waals surface area contributed by atoms with Crippen LogP contribution in [0.2, 0.25) is 0 Å². The molecule has 0 saturated heterocycles. The van der Waals surface area contributed by atoms with Crippen LogP contribution in [0.4, 0.5) is 23.0 Å². The van der Waals surface area contributed by atoms with Gasteiger partial charge in [-0.15, -0.1) is 0 Å². The number of nitrogens with one attached hydrogen (secondary N) is 1. The first kappa shape index (κ1) is 28.0. The van der Waals surface area contributed by atoms with Crippen LogP contribution in [0.15, 0.2) is 67.0 Å². The molecule has 0 radical (unpaired) electrons. The SMILES string of the molecule is CCCCCCCCCCCC[NH+]1C=CN(c2c3ccccc3cc3ccccc23)C1.F[B-](F)(F)F. The zero-order valence-electron chi connectivity index (χ0n) is 21.4. The van der Waals surface area contributed by atoms with Crippen molar-refractivity contribution in [2.75, 3.05) is 18.1 Å². The van der Waals surface area contributed by atoms with E-state index in [1.165, 1.54) is 98.0 Å². The first-order chi connectivity index (χ1) is 17.4. The molecule has 0 saturated carbocycles. The Bertz CT molecular complexity index is 1040. The normalized spacial score (nSPS) is 15.5. The number of quaternary nitrogens is 1. The number of halogens is 4. The molecule has 0 fully saturated rings. The molecule has 196 valence electrons. The number of nitrogens with zero attached hydrogens (tertiary/aromatic N) is 1. The first-order valence-electron chi connectivity index (χ1n) is 13.4. The fraction of sp³-hybridized carbons (Fsp3) is 0.448. The summed E-state index contributed by atoms with van der Waals surface area (Å²) in [5.41, 5.74) is 1.36. The first-order valence-corrected chi connectivity index (χ1v) is 13.4. The number of unbranched alkanes of at least 4 members (excludes halogenated alkanes) is 9. The Labute approximate surface area is 213 Å². The molecule has 36 heavy (non-hydrogen) atoms. The van der Waals surface area contributed by atoms with Gasteiger partial charge < -0.3 is 17.3 Å². The summed E-state index contributed by atoms with van der Waals surface area (Å²) in [5, 5.41) is 5.36. The summed E-state index contributed by atoms with van der Waals surface area (Å²) < 4.78 is 39.0. The maximum Gasteiger partial charge on any atom is 0.673 e. The van der Waals surface area contributed by atoms with Crippen molar-refractivity contribution < 1.29 is 22.2 Å². The highest BCUT2D eigenvalue weighted by atomic mass is 19.5. The highest BCUT2D eigenvalue weighted by Gasteiger charge is 2.22. The average Bonchev–Trinajstić information content (AvgIpc) is 3.31. The Balaban J connectivity index is 0.000000658. The number of hydrogen-bond acceptors (Lipinski definition) is 1. The Hall–Kier alpha value is -2.54. The number of anilines is 1. The summed E-state index contributed by atoms with van der Waals surface area (Å²) in [6.07, 6.45) is 18.7. The van der Waals surface area contributed by atoms with Crippen molar-refractivity contribution in [3.8, 4) is 0 Å². The van der Waals surface area contributed by atoms with Crippen LogP contribution in [0.25, 0.3) is 21.5 Å². The lowest BCUT2D eigenvalue weighted by Crippen LogP contribution is -3.07. The second kappa shape index (κ2) is 14.3. The van der Waals surface area contributed by atoms with E-state index in [4.69, 9.17) is 0 Å². The molecule has 1 N–H and O–H groups in total. The number of benzene rings is 3. The predicted octanol–water partition coefficient (Wildman–Crippen LogP) is 8.35. The van der Waals surface area contributed by atoms with Crippen molar-refractivity contribution in [2.24, 2.45) is 0 Å². The van der Waals surface area contributed by atoms with E-state index in [2.05, 4.69) is 78.8 Å². The van der Waals surface area contributed by atoms with Crippen LogP contribution < -0.4 is 9.80 Å². The summed E-state index contributed by atoms with van der Waals surface area (Å²) in [6.45, 7) is 4.57. The molecule has 2 nitrogen and oxygen atoms in total. The molecule has 3 aromatic carbocycles. The van der Waals surface area contributed by atoms with Gasteiger partial charge in [0.05, 0.1) is 18.4 Å². The van der Waals surface area contributed by atoms with Crippen LogP contribution in [-0.2, 0) is 0 Å². The van der Waals surface area contributed by atoms with Gasteiger partial charge in [0.2, 0.25) is 0 Å². The molecule has 1 heterocycles. The molecule has 3 aromatic rings. The lowest BCUT2D eigenvalue weighted by molar-refractivity contribution is -0.840. The highest BCUT2D eigenvalue weighted by molar-refractivity contribution is 6.50. The molecule has 1 aliphatic rings. The maximum absolute atomic E-state index is 9.75. The highest BCUT2D eigenvalue weighted by Crippen LogP contribution is 2.35. The van der Waals surface area contributed by atoms with E-state index in [0.717, 1.165) is 6.67 Å². The zero-order chi connectivity index (χ0) is 25.8. The minimum absolute atomic E-state index is 1.04. The third-order valence-electron chi connectivity index (χ3n) is 6.75. The van der Waals surface area contributed by atoms with E-state index < -0.39 is 7.25 Å². The lowest BCUT2D eigenvalue weighted by Gasteiger charge is -2.21. The predicted molar refractivity (Wildman–Crippen MR) is 146 cm³/mol. The minimum Gasteiger partial charge on any atom is -0.418 e. The van der Waals surface area contributed by atoms with Gasteiger partial charge in [0.25, 0.3) is 0 Å². The summed E-state index contributed by atoms with van der Waals surface area (Å²) in [6, 6.07) is 19.9. The Kier molecular flexibility index (Phi) is 11.1. The molecule has 0 aromatic heterocycles. The van der Waals surface area contributed by atoms with Crippen LogP contribution in [0.5, 0.6) is 0 Å². The smallest absolute Gasteiger partial charge is 0.418 e. The van der Waals surface area contributed by atoms with Crippen LogP contribution in [0, 0.1) is 0 Å². The van der Waals surface area contributed by atoms with E-state index in [-0.39, 0.29) is 0 Å². The molecule has 1 atom stereocenters. The van der Waals surface area contributed by atoms with Crippen molar-refractivity contribution in [2.45, 2.75) is 71.1 Å². The summed E-state index contributed by atoms with van der Waals surface area (Å²) >= 11 is 0. The topological polar surface area (TPSA) is 7.68 Å². The van der Waals surface area contributed by atoms with Gasteiger partial charge in [-0.3, -0.25) is 9.80 Å². The Morgan fingerprint density at radius 1 is 0.722 bits per heavy atom. The van der Waals surface area contributed by atoms with Crippen LogP contribution >= 0.6 is 0 Å². The Morgan fingerprint density at radius 3 is 1.72 bits per heavy atom. The molecule has 0 amide bonds. The second-order valence-corrected chi connectivity index (χ2v) is 9.70. The van der Waals surface area contributed by atoms with Gasteiger partial charge in [0.15, 0.2) is 6.67 Å².